The van der Waals surface area contributed by atoms with Crippen LogP contribution in [0.3, 0.4) is 0 Å². The number of Topliss-reactive ketones (excluding diaryl/α,β-unsaturated/α-hetero) is 1. The van der Waals surface area contributed by atoms with Crippen LogP contribution in [0.5, 0.6) is 0 Å². The van der Waals surface area contributed by atoms with Crippen molar-refractivity contribution in [1.29, 1.82) is 0 Å². The van der Waals surface area contributed by atoms with Crippen molar-refractivity contribution in [3.05, 3.63) is 65.2 Å². The Balaban J connectivity index is 2.13. The first-order valence-electron chi connectivity index (χ1n) is 6.20. The first-order valence-corrected chi connectivity index (χ1v) is 7.08. The lowest BCUT2D eigenvalue weighted by atomic mass is 10.1. The van der Waals surface area contributed by atoms with Gasteiger partial charge in [0.1, 0.15) is 11.6 Å². The maximum atomic E-state index is 13.6. The van der Waals surface area contributed by atoms with Crippen LogP contribution in [0.2, 0.25) is 0 Å². The smallest absolute Gasteiger partial charge is 0.175 e. The van der Waals surface area contributed by atoms with Crippen LogP contribution in [0.25, 0.3) is 0 Å². The topological polar surface area (TPSA) is 17.1 Å². The summed E-state index contributed by atoms with van der Waals surface area (Å²) >= 11 is 1.09. The lowest BCUT2D eigenvalue weighted by Gasteiger charge is -2.11. The van der Waals surface area contributed by atoms with E-state index in [2.05, 4.69) is 0 Å². The molecular weight excluding hydrogens is 278 g/mol. The Morgan fingerprint density at radius 3 is 2.35 bits per heavy atom. The summed E-state index contributed by atoms with van der Waals surface area (Å²) in [5.41, 5.74) is 1.67. The zero-order valence-corrected chi connectivity index (χ0v) is 12.0. The molecule has 1 atom stereocenters. The lowest BCUT2D eigenvalue weighted by molar-refractivity contribution is 0.0994. The molecule has 0 radical (unpaired) electrons. The summed E-state index contributed by atoms with van der Waals surface area (Å²) in [4.78, 5) is 12.5. The normalized spacial score (nSPS) is 12.2. The lowest BCUT2D eigenvalue weighted by Crippen LogP contribution is -2.13. The Hall–Kier alpha value is -1.68. The van der Waals surface area contributed by atoms with Crippen LogP contribution in [-0.4, -0.2) is 11.0 Å². The van der Waals surface area contributed by atoms with Gasteiger partial charge in [-0.1, -0.05) is 29.8 Å². The third-order valence-electron chi connectivity index (χ3n) is 2.90. The SMILES string of the molecule is Cc1ccc(C(=O)C(C)Sc2ccc(F)cc2F)cc1. The molecule has 0 saturated heterocycles. The van der Waals surface area contributed by atoms with Crippen molar-refractivity contribution in [2.75, 3.05) is 0 Å². The minimum absolute atomic E-state index is 0.0706. The number of aryl methyl sites for hydroxylation is 1. The highest BCUT2D eigenvalue weighted by molar-refractivity contribution is 8.00. The van der Waals surface area contributed by atoms with Crippen LogP contribution in [0, 0.1) is 18.6 Å². The van der Waals surface area contributed by atoms with Gasteiger partial charge in [0.05, 0.1) is 5.25 Å². The van der Waals surface area contributed by atoms with Crippen molar-refractivity contribution < 1.29 is 13.6 Å². The molecule has 0 aromatic heterocycles. The molecule has 0 saturated carbocycles. The summed E-state index contributed by atoms with van der Waals surface area (Å²) in [6, 6.07) is 10.6. The Bertz CT molecular complexity index is 623. The molecule has 2 aromatic rings. The third-order valence-corrected chi connectivity index (χ3v) is 4.06. The summed E-state index contributed by atoms with van der Waals surface area (Å²) < 4.78 is 26.4. The minimum Gasteiger partial charge on any atom is -0.293 e. The molecule has 4 heteroatoms. The number of benzene rings is 2. The molecule has 0 spiro atoms. The zero-order valence-electron chi connectivity index (χ0n) is 11.2. The molecular formula is C16H14F2OS. The van der Waals surface area contributed by atoms with Crippen molar-refractivity contribution in [3.8, 4) is 0 Å². The van der Waals surface area contributed by atoms with Gasteiger partial charge in [0.25, 0.3) is 0 Å². The molecule has 1 nitrogen and oxygen atoms in total. The standard InChI is InChI=1S/C16H14F2OS/c1-10-3-5-12(6-4-10)16(19)11(2)20-15-8-7-13(17)9-14(15)18/h3-9,11H,1-2H3. The van der Waals surface area contributed by atoms with E-state index in [1.165, 1.54) is 12.1 Å². The molecule has 1 unspecified atom stereocenters. The second kappa shape index (κ2) is 6.18. The highest BCUT2D eigenvalue weighted by Gasteiger charge is 2.18. The van der Waals surface area contributed by atoms with E-state index < -0.39 is 16.9 Å². The van der Waals surface area contributed by atoms with Crippen molar-refractivity contribution >= 4 is 17.5 Å². The molecule has 0 bridgehead atoms. The predicted octanol–water partition coefficient (Wildman–Crippen LogP) is 4.64. The number of rotatable bonds is 4. The molecule has 0 aliphatic rings. The number of halogens is 2. The molecule has 0 fully saturated rings. The van der Waals surface area contributed by atoms with Gasteiger partial charge in [-0.2, -0.15) is 0 Å². The van der Waals surface area contributed by atoms with E-state index in [0.29, 0.717) is 5.56 Å². The van der Waals surface area contributed by atoms with Crippen LogP contribution in [0.15, 0.2) is 47.4 Å². The average Bonchev–Trinajstić information content (AvgIpc) is 2.42. The monoisotopic (exact) mass is 292 g/mol. The largest absolute Gasteiger partial charge is 0.293 e. The van der Waals surface area contributed by atoms with E-state index >= 15 is 0 Å². The Labute approximate surface area is 121 Å². The maximum absolute atomic E-state index is 13.6. The van der Waals surface area contributed by atoms with Crippen molar-refractivity contribution in [2.45, 2.75) is 24.0 Å². The maximum Gasteiger partial charge on any atom is 0.175 e. The summed E-state index contributed by atoms with van der Waals surface area (Å²) in [5, 5.41) is -0.433. The fourth-order valence-corrected chi connectivity index (χ4v) is 2.71. The highest BCUT2D eigenvalue weighted by Crippen LogP contribution is 2.28. The number of hydrogen-bond donors (Lipinski definition) is 0. The summed E-state index contributed by atoms with van der Waals surface area (Å²) in [7, 11) is 0. The van der Waals surface area contributed by atoms with E-state index in [1.807, 2.05) is 19.1 Å². The van der Waals surface area contributed by atoms with E-state index in [0.717, 1.165) is 23.4 Å². The first-order chi connectivity index (χ1) is 9.47. The summed E-state index contributed by atoms with van der Waals surface area (Å²) in [5.74, 6) is -1.33. The molecule has 0 amide bonds. The second-order valence-electron chi connectivity index (χ2n) is 4.57. The van der Waals surface area contributed by atoms with Gasteiger partial charge in [0, 0.05) is 16.5 Å². The first kappa shape index (κ1) is 14.7. The predicted molar refractivity (Wildman–Crippen MR) is 77.2 cm³/mol. The van der Waals surface area contributed by atoms with E-state index in [4.69, 9.17) is 0 Å². The average molecular weight is 292 g/mol. The second-order valence-corrected chi connectivity index (χ2v) is 5.95. The number of carbonyl (C=O) groups excluding carboxylic acids is 1. The molecule has 104 valence electrons. The molecule has 2 aromatic carbocycles. The van der Waals surface area contributed by atoms with Gasteiger partial charge in [-0.25, -0.2) is 8.78 Å². The fourth-order valence-electron chi connectivity index (χ4n) is 1.77. The molecule has 20 heavy (non-hydrogen) atoms. The van der Waals surface area contributed by atoms with Gasteiger partial charge in [0.15, 0.2) is 5.78 Å². The molecule has 2 rings (SSSR count). The van der Waals surface area contributed by atoms with Crippen LogP contribution in [0.1, 0.15) is 22.8 Å². The van der Waals surface area contributed by atoms with E-state index in [-0.39, 0.29) is 10.7 Å². The summed E-state index contributed by atoms with van der Waals surface area (Å²) in [6.45, 7) is 3.66. The van der Waals surface area contributed by atoms with E-state index in [1.54, 1.807) is 19.1 Å². The molecule has 0 heterocycles. The van der Waals surface area contributed by atoms with Crippen molar-refractivity contribution in [3.63, 3.8) is 0 Å². The Kier molecular flexibility index (Phi) is 4.55. The van der Waals surface area contributed by atoms with Gasteiger partial charge in [-0.05, 0) is 26.0 Å². The molecule has 0 N–H and O–H groups in total. The van der Waals surface area contributed by atoms with Gasteiger partial charge in [-0.15, -0.1) is 11.8 Å². The van der Waals surface area contributed by atoms with Crippen LogP contribution >= 0.6 is 11.8 Å². The van der Waals surface area contributed by atoms with Gasteiger partial charge in [-0.3, -0.25) is 4.79 Å². The summed E-state index contributed by atoms with van der Waals surface area (Å²) in [6.07, 6.45) is 0. The quantitative estimate of drug-likeness (QED) is 0.603. The number of hydrogen-bond acceptors (Lipinski definition) is 2. The zero-order chi connectivity index (χ0) is 14.7. The number of thioether (sulfide) groups is 1. The van der Waals surface area contributed by atoms with Crippen LogP contribution in [-0.2, 0) is 0 Å². The molecule has 0 aliphatic heterocycles. The Morgan fingerprint density at radius 2 is 1.75 bits per heavy atom. The molecule has 0 aliphatic carbocycles. The van der Waals surface area contributed by atoms with Crippen LogP contribution in [0.4, 0.5) is 8.78 Å². The van der Waals surface area contributed by atoms with E-state index in [9.17, 15) is 13.6 Å². The van der Waals surface area contributed by atoms with Crippen LogP contribution < -0.4 is 0 Å². The van der Waals surface area contributed by atoms with Gasteiger partial charge < -0.3 is 0 Å². The number of carbonyl (C=O) groups is 1. The number of ketones is 1. The highest BCUT2D eigenvalue weighted by atomic mass is 32.2. The van der Waals surface area contributed by atoms with Crippen molar-refractivity contribution in [2.24, 2.45) is 0 Å². The minimum atomic E-state index is -0.640. The van der Waals surface area contributed by atoms with Gasteiger partial charge >= 0.3 is 0 Å². The Morgan fingerprint density at radius 1 is 1.10 bits per heavy atom. The van der Waals surface area contributed by atoms with Gasteiger partial charge in [0.2, 0.25) is 0 Å². The third kappa shape index (κ3) is 3.45. The van der Waals surface area contributed by atoms with Crippen molar-refractivity contribution in [1.82, 2.24) is 0 Å². The fraction of sp³-hybridized carbons (Fsp3) is 0.188.